The topological polar surface area (TPSA) is 49.4 Å². The Labute approximate surface area is 170 Å². The Morgan fingerprint density at radius 2 is 1.39 bits per heavy atom. The van der Waals surface area contributed by atoms with Gasteiger partial charge in [0.05, 0.1) is 0 Å². The summed E-state index contributed by atoms with van der Waals surface area (Å²) in [7, 11) is 0. The van der Waals surface area contributed by atoms with Gasteiger partial charge in [-0.2, -0.15) is 0 Å². The molecule has 1 N–H and O–H groups in total. The Kier molecular flexibility index (Phi) is 5.17. The summed E-state index contributed by atoms with van der Waals surface area (Å²) in [6.07, 6.45) is 16.8. The van der Waals surface area contributed by atoms with E-state index in [1.54, 1.807) is 0 Å². The molecule has 0 aromatic rings. The van der Waals surface area contributed by atoms with Gasteiger partial charge in [-0.05, 0) is 87.4 Å². The summed E-state index contributed by atoms with van der Waals surface area (Å²) < 4.78 is 0. The van der Waals surface area contributed by atoms with E-state index in [4.69, 9.17) is 0 Å². The van der Waals surface area contributed by atoms with Crippen LogP contribution in [0.2, 0.25) is 0 Å². The van der Waals surface area contributed by atoms with Crippen molar-refractivity contribution in [1.29, 1.82) is 0 Å². The summed E-state index contributed by atoms with van der Waals surface area (Å²) in [5.41, 5.74) is 0.330. The average molecular weight is 387 g/mol. The highest BCUT2D eigenvalue weighted by Crippen LogP contribution is 2.61. The summed E-state index contributed by atoms with van der Waals surface area (Å²) >= 11 is 0. The van der Waals surface area contributed by atoms with Gasteiger partial charge < -0.3 is 10.2 Å². The number of carbonyl (C=O) groups is 2. The quantitative estimate of drug-likeness (QED) is 0.784. The molecule has 4 heteroatoms. The van der Waals surface area contributed by atoms with Crippen molar-refractivity contribution in [1.82, 2.24) is 10.2 Å². The molecule has 0 aromatic heterocycles. The standard InChI is InChI=1S/C24H38N2O2/c27-22(16-24-13-17-10-18(14-24)12-19(11-17)15-24)25-21-6-8-26(9-7-21)23(28)20-4-2-1-3-5-20/h17-21H,1-16H2,(H,25,27). The summed E-state index contributed by atoms with van der Waals surface area (Å²) in [6.45, 7) is 1.66. The Balaban J connectivity index is 1.09. The van der Waals surface area contributed by atoms with E-state index < -0.39 is 0 Å². The second kappa shape index (κ2) is 7.65. The highest BCUT2D eigenvalue weighted by atomic mass is 16.2. The molecule has 1 aliphatic heterocycles. The maximum atomic E-state index is 12.9. The van der Waals surface area contributed by atoms with Gasteiger partial charge in [0.1, 0.15) is 0 Å². The lowest BCUT2D eigenvalue weighted by Crippen LogP contribution is -2.51. The van der Waals surface area contributed by atoms with E-state index in [2.05, 4.69) is 10.2 Å². The molecule has 6 rings (SSSR count). The van der Waals surface area contributed by atoms with E-state index in [1.807, 2.05) is 0 Å². The van der Waals surface area contributed by atoms with Crippen LogP contribution in [0.25, 0.3) is 0 Å². The second-order valence-electron chi connectivity index (χ2n) is 11.1. The molecule has 0 radical (unpaired) electrons. The smallest absolute Gasteiger partial charge is 0.225 e. The number of hydrogen-bond donors (Lipinski definition) is 1. The first-order valence-corrected chi connectivity index (χ1v) is 12.2. The maximum Gasteiger partial charge on any atom is 0.225 e. The van der Waals surface area contributed by atoms with E-state index in [0.29, 0.717) is 17.2 Å². The molecular weight excluding hydrogens is 348 g/mol. The van der Waals surface area contributed by atoms with E-state index in [0.717, 1.165) is 62.9 Å². The van der Waals surface area contributed by atoms with Crippen molar-refractivity contribution in [3.63, 3.8) is 0 Å². The predicted molar refractivity (Wildman–Crippen MR) is 110 cm³/mol. The van der Waals surface area contributed by atoms with Crippen LogP contribution >= 0.6 is 0 Å². The third kappa shape index (κ3) is 3.85. The number of rotatable bonds is 4. The van der Waals surface area contributed by atoms with Crippen LogP contribution in [0.3, 0.4) is 0 Å². The van der Waals surface area contributed by atoms with Crippen molar-refractivity contribution >= 4 is 11.8 Å². The zero-order valence-electron chi connectivity index (χ0n) is 17.5. The molecule has 4 nitrogen and oxygen atoms in total. The van der Waals surface area contributed by atoms with Crippen LogP contribution in [0, 0.1) is 29.1 Å². The molecule has 5 saturated carbocycles. The van der Waals surface area contributed by atoms with Gasteiger partial charge in [0.15, 0.2) is 0 Å². The van der Waals surface area contributed by atoms with Gasteiger partial charge in [-0.25, -0.2) is 0 Å². The molecule has 6 fully saturated rings. The fourth-order valence-corrected chi connectivity index (χ4v) is 7.98. The molecular formula is C24H38N2O2. The van der Waals surface area contributed by atoms with Crippen LogP contribution in [0.15, 0.2) is 0 Å². The van der Waals surface area contributed by atoms with Gasteiger partial charge in [0.2, 0.25) is 11.8 Å². The number of likely N-dealkylation sites (tertiary alicyclic amines) is 1. The van der Waals surface area contributed by atoms with Crippen LogP contribution in [-0.2, 0) is 9.59 Å². The average Bonchev–Trinajstić information content (AvgIpc) is 2.67. The van der Waals surface area contributed by atoms with E-state index in [9.17, 15) is 9.59 Å². The van der Waals surface area contributed by atoms with Crippen LogP contribution in [0.1, 0.15) is 89.9 Å². The largest absolute Gasteiger partial charge is 0.353 e. The SMILES string of the molecule is O=C(CC12CC3CC(CC(C3)C1)C2)NC1CCN(C(=O)C2CCCCC2)CC1. The molecule has 0 spiro atoms. The third-order valence-corrected chi connectivity index (χ3v) is 8.83. The first kappa shape index (κ1) is 18.9. The summed E-state index contributed by atoms with van der Waals surface area (Å²) in [5.74, 6) is 3.68. The molecule has 0 aromatic carbocycles. The molecule has 2 amide bonds. The molecule has 0 unspecified atom stereocenters. The lowest BCUT2D eigenvalue weighted by molar-refractivity contribution is -0.137. The van der Waals surface area contributed by atoms with Gasteiger partial charge in [0, 0.05) is 31.5 Å². The molecule has 1 saturated heterocycles. The number of hydrogen-bond acceptors (Lipinski definition) is 2. The Hall–Kier alpha value is -1.06. The van der Waals surface area contributed by atoms with E-state index >= 15 is 0 Å². The molecule has 4 bridgehead atoms. The zero-order chi connectivity index (χ0) is 19.1. The van der Waals surface area contributed by atoms with Gasteiger partial charge in [-0.3, -0.25) is 9.59 Å². The number of piperidine rings is 1. The minimum atomic E-state index is 0.274. The predicted octanol–water partition coefficient (Wildman–Crippen LogP) is 4.28. The minimum Gasteiger partial charge on any atom is -0.353 e. The van der Waals surface area contributed by atoms with Crippen molar-refractivity contribution in [3.05, 3.63) is 0 Å². The van der Waals surface area contributed by atoms with Crippen molar-refractivity contribution in [2.24, 2.45) is 29.1 Å². The molecule has 28 heavy (non-hydrogen) atoms. The van der Waals surface area contributed by atoms with Crippen molar-refractivity contribution in [3.8, 4) is 0 Å². The molecule has 5 aliphatic carbocycles. The lowest BCUT2D eigenvalue weighted by atomic mass is 9.49. The van der Waals surface area contributed by atoms with Gasteiger partial charge in [-0.1, -0.05) is 19.3 Å². The van der Waals surface area contributed by atoms with Crippen molar-refractivity contribution in [2.75, 3.05) is 13.1 Å². The summed E-state index contributed by atoms with van der Waals surface area (Å²) in [4.78, 5) is 27.7. The van der Waals surface area contributed by atoms with Crippen LogP contribution < -0.4 is 5.32 Å². The third-order valence-electron chi connectivity index (χ3n) is 8.83. The lowest BCUT2D eigenvalue weighted by Gasteiger charge is -2.56. The van der Waals surface area contributed by atoms with E-state index in [1.165, 1.54) is 57.8 Å². The molecule has 0 atom stereocenters. The van der Waals surface area contributed by atoms with E-state index in [-0.39, 0.29) is 12.0 Å². The van der Waals surface area contributed by atoms with Crippen LogP contribution in [0.4, 0.5) is 0 Å². The van der Waals surface area contributed by atoms with Crippen molar-refractivity contribution < 1.29 is 9.59 Å². The maximum absolute atomic E-state index is 12.9. The molecule has 1 heterocycles. The monoisotopic (exact) mass is 386 g/mol. The molecule has 156 valence electrons. The Morgan fingerprint density at radius 3 is 1.96 bits per heavy atom. The summed E-state index contributed by atoms with van der Waals surface area (Å²) in [6, 6.07) is 0.275. The normalized spacial score (nSPS) is 38.6. The Morgan fingerprint density at radius 1 is 0.821 bits per heavy atom. The number of nitrogens with one attached hydrogen (secondary N) is 1. The van der Waals surface area contributed by atoms with Crippen molar-refractivity contribution in [2.45, 2.75) is 95.9 Å². The fraction of sp³-hybridized carbons (Fsp3) is 0.917. The zero-order valence-corrected chi connectivity index (χ0v) is 17.5. The number of amides is 2. The van der Waals surface area contributed by atoms with Gasteiger partial charge in [-0.15, -0.1) is 0 Å². The summed E-state index contributed by atoms with van der Waals surface area (Å²) in [5, 5.41) is 3.36. The molecule has 6 aliphatic rings. The Bertz CT molecular complexity index is 566. The van der Waals surface area contributed by atoms with Crippen LogP contribution in [-0.4, -0.2) is 35.8 Å². The second-order valence-corrected chi connectivity index (χ2v) is 11.1. The first-order valence-electron chi connectivity index (χ1n) is 12.2. The number of carbonyl (C=O) groups excluding carboxylic acids is 2. The highest BCUT2D eigenvalue weighted by molar-refractivity contribution is 5.79. The highest BCUT2D eigenvalue weighted by Gasteiger charge is 2.51. The fourth-order valence-electron chi connectivity index (χ4n) is 7.98. The van der Waals surface area contributed by atoms with Gasteiger partial charge >= 0.3 is 0 Å². The first-order chi connectivity index (χ1) is 13.6. The van der Waals surface area contributed by atoms with Crippen LogP contribution in [0.5, 0.6) is 0 Å². The minimum absolute atomic E-state index is 0.274. The number of nitrogens with zero attached hydrogens (tertiary/aromatic N) is 1. The van der Waals surface area contributed by atoms with Gasteiger partial charge in [0.25, 0.3) is 0 Å².